The smallest absolute Gasteiger partial charge is 0.329 e. The Kier molecular flexibility index (Phi) is 6.68. The van der Waals surface area contributed by atoms with E-state index in [1.165, 1.54) is 0 Å². The van der Waals surface area contributed by atoms with E-state index >= 15 is 0 Å². The van der Waals surface area contributed by atoms with Crippen molar-refractivity contribution in [1.29, 1.82) is 0 Å². The minimum Gasteiger partial charge on any atom is -0.480 e. The van der Waals surface area contributed by atoms with Gasteiger partial charge in [-0.1, -0.05) is 25.7 Å². The lowest BCUT2D eigenvalue weighted by molar-refractivity contribution is -0.148. The summed E-state index contributed by atoms with van der Waals surface area (Å²) >= 11 is 0. The van der Waals surface area contributed by atoms with Gasteiger partial charge in [0.1, 0.15) is 5.54 Å². The van der Waals surface area contributed by atoms with Crippen molar-refractivity contribution in [2.75, 3.05) is 13.2 Å². The molecule has 2 N–H and O–H groups in total. The van der Waals surface area contributed by atoms with Crippen molar-refractivity contribution < 1.29 is 19.4 Å². The standard InChI is InChI=1S/C17H29NO4/c19-15(7-5-6-14-8-12-22-13-9-14)18-17(16(20)21)10-3-1-2-4-11-17/h14H,1-13H2,(H,18,19)(H,20,21). The molecule has 0 aromatic carbocycles. The van der Waals surface area contributed by atoms with Gasteiger partial charge in [0.25, 0.3) is 0 Å². The van der Waals surface area contributed by atoms with Crippen molar-refractivity contribution in [2.24, 2.45) is 5.92 Å². The third kappa shape index (κ3) is 4.97. The Morgan fingerprint density at radius 3 is 2.32 bits per heavy atom. The first-order valence-electron chi connectivity index (χ1n) is 8.74. The minimum atomic E-state index is -1.02. The number of aliphatic carboxylic acids is 1. The summed E-state index contributed by atoms with van der Waals surface area (Å²) in [5.41, 5.74) is -1.02. The molecule has 1 saturated carbocycles. The highest BCUT2D eigenvalue weighted by Crippen LogP contribution is 2.28. The van der Waals surface area contributed by atoms with Crippen molar-refractivity contribution in [3.63, 3.8) is 0 Å². The van der Waals surface area contributed by atoms with Gasteiger partial charge < -0.3 is 15.2 Å². The molecule has 1 saturated heterocycles. The lowest BCUT2D eigenvalue weighted by atomic mass is 9.89. The molecule has 1 heterocycles. The maximum Gasteiger partial charge on any atom is 0.329 e. The maximum absolute atomic E-state index is 12.2. The second-order valence-electron chi connectivity index (χ2n) is 6.80. The zero-order chi connectivity index (χ0) is 15.8. The molecule has 126 valence electrons. The van der Waals surface area contributed by atoms with E-state index in [-0.39, 0.29) is 5.91 Å². The first-order chi connectivity index (χ1) is 10.6. The van der Waals surface area contributed by atoms with Crippen LogP contribution < -0.4 is 5.32 Å². The second kappa shape index (κ2) is 8.51. The summed E-state index contributed by atoms with van der Waals surface area (Å²) in [6, 6.07) is 0. The summed E-state index contributed by atoms with van der Waals surface area (Å²) in [5.74, 6) is -0.309. The molecule has 1 aliphatic carbocycles. The zero-order valence-electron chi connectivity index (χ0n) is 13.4. The van der Waals surface area contributed by atoms with E-state index in [0.29, 0.717) is 25.2 Å². The normalized spacial score (nSPS) is 22.7. The monoisotopic (exact) mass is 311 g/mol. The number of carboxylic acids is 1. The Morgan fingerprint density at radius 1 is 1.09 bits per heavy atom. The molecule has 2 fully saturated rings. The lowest BCUT2D eigenvalue weighted by Gasteiger charge is -2.29. The first-order valence-corrected chi connectivity index (χ1v) is 8.74. The fourth-order valence-electron chi connectivity index (χ4n) is 3.64. The Morgan fingerprint density at radius 2 is 1.73 bits per heavy atom. The molecular formula is C17H29NO4. The van der Waals surface area contributed by atoms with E-state index in [9.17, 15) is 14.7 Å². The van der Waals surface area contributed by atoms with Crippen LogP contribution in [0.2, 0.25) is 0 Å². The number of ether oxygens (including phenoxy) is 1. The van der Waals surface area contributed by atoms with Crippen LogP contribution in [0.1, 0.15) is 70.6 Å². The van der Waals surface area contributed by atoms with Gasteiger partial charge in [-0.25, -0.2) is 4.79 Å². The number of carbonyl (C=O) groups excluding carboxylic acids is 1. The molecule has 5 heteroatoms. The van der Waals surface area contributed by atoms with Gasteiger partial charge >= 0.3 is 5.97 Å². The Hall–Kier alpha value is -1.10. The molecule has 0 aromatic heterocycles. The molecule has 22 heavy (non-hydrogen) atoms. The van der Waals surface area contributed by atoms with Crippen LogP contribution in [0.15, 0.2) is 0 Å². The minimum absolute atomic E-state index is 0.101. The predicted octanol–water partition coefficient (Wildman–Crippen LogP) is 2.88. The number of hydrogen-bond acceptors (Lipinski definition) is 3. The summed E-state index contributed by atoms with van der Waals surface area (Å²) < 4.78 is 5.33. The summed E-state index contributed by atoms with van der Waals surface area (Å²) in [5, 5.41) is 12.4. The van der Waals surface area contributed by atoms with Crippen molar-refractivity contribution in [3.8, 4) is 0 Å². The van der Waals surface area contributed by atoms with E-state index in [2.05, 4.69) is 5.32 Å². The molecular weight excluding hydrogens is 282 g/mol. The fourth-order valence-corrected chi connectivity index (χ4v) is 3.64. The number of carbonyl (C=O) groups is 2. The van der Waals surface area contributed by atoms with Crippen molar-refractivity contribution in [1.82, 2.24) is 5.32 Å². The van der Waals surface area contributed by atoms with E-state index in [0.717, 1.165) is 64.6 Å². The molecule has 0 aromatic rings. The van der Waals surface area contributed by atoms with Crippen LogP contribution in [-0.2, 0) is 14.3 Å². The van der Waals surface area contributed by atoms with Crippen molar-refractivity contribution >= 4 is 11.9 Å². The topological polar surface area (TPSA) is 75.6 Å². The average molecular weight is 311 g/mol. The number of nitrogens with one attached hydrogen (secondary N) is 1. The van der Waals surface area contributed by atoms with Gasteiger partial charge in [0.15, 0.2) is 0 Å². The highest BCUT2D eigenvalue weighted by molar-refractivity contribution is 5.87. The Labute approximate surface area is 132 Å². The van der Waals surface area contributed by atoms with Gasteiger partial charge in [0.05, 0.1) is 0 Å². The molecule has 0 atom stereocenters. The van der Waals surface area contributed by atoms with Gasteiger partial charge in [0, 0.05) is 19.6 Å². The van der Waals surface area contributed by atoms with E-state index in [1.54, 1.807) is 0 Å². The Bertz CT molecular complexity index is 369. The van der Waals surface area contributed by atoms with Crippen LogP contribution >= 0.6 is 0 Å². The maximum atomic E-state index is 12.2. The van der Waals surface area contributed by atoms with Crippen LogP contribution in [0.5, 0.6) is 0 Å². The average Bonchev–Trinajstić information content (AvgIpc) is 2.75. The van der Waals surface area contributed by atoms with Gasteiger partial charge in [-0.15, -0.1) is 0 Å². The van der Waals surface area contributed by atoms with Crippen LogP contribution in [0.4, 0.5) is 0 Å². The molecule has 1 amide bonds. The molecule has 1 aliphatic heterocycles. The van der Waals surface area contributed by atoms with Gasteiger partial charge in [0.2, 0.25) is 5.91 Å². The highest BCUT2D eigenvalue weighted by Gasteiger charge is 2.39. The van der Waals surface area contributed by atoms with Gasteiger partial charge in [-0.2, -0.15) is 0 Å². The third-order valence-corrected chi connectivity index (χ3v) is 5.10. The number of rotatable bonds is 6. The van der Waals surface area contributed by atoms with Crippen LogP contribution in [-0.4, -0.2) is 35.7 Å². The number of carboxylic acid groups (broad SMARTS) is 1. The van der Waals surface area contributed by atoms with E-state index in [1.807, 2.05) is 0 Å². The zero-order valence-corrected chi connectivity index (χ0v) is 13.4. The van der Waals surface area contributed by atoms with E-state index < -0.39 is 11.5 Å². The summed E-state index contributed by atoms with van der Waals surface area (Å²) in [7, 11) is 0. The second-order valence-corrected chi connectivity index (χ2v) is 6.80. The highest BCUT2D eigenvalue weighted by atomic mass is 16.5. The number of amides is 1. The van der Waals surface area contributed by atoms with Crippen molar-refractivity contribution in [2.45, 2.75) is 76.2 Å². The molecule has 0 unspecified atom stereocenters. The summed E-state index contributed by atoms with van der Waals surface area (Å²) in [4.78, 5) is 23.8. The summed E-state index contributed by atoms with van der Waals surface area (Å²) in [6.45, 7) is 1.66. The van der Waals surface area contributed by atoms with Crippen LogP contribution in [0, 0.1) is 5.92 Å². The summed E-state index contributed by atoms with van der Waals surface area (Å²) in [6.07, 6.45) is 9.51. The fraction of sp³-hybridized carbons (Fsp3) is 0.882. The lowest BCUT2D eigenvalue weighted by Crippen LogP contribution is -2.54. The molecule has 0 radical (unpaired) electrons. The number of hydrogen-bond donors (Lipinski definition) is 2. The van der Waals surface area contributed by atoms with E-state index in [4.69, 9.17) is 4.74 Å². The van der Waals surface area contributed by atoms with Gasteiger partial charge in [-0.05, 0) is 44.4 Å². The molecule has 5 nitrogen and oxygen atoms in total. The molecule has 0 bridgehead atoms. The molecule has 0 spiro atoms. The SMILES string of the molecule is O=C(CCCC1CCOCC1)NC1(C(=O)O)CCCCCC1. The first kappa shape index (κ1) is 17.3. The Balaban J connectivity index is 1.76. The quantitative estimate of drug-likeness (QED) is 0.740. The van der Waals surface area contributed by atoms with Crippen LogP contribution in [0.25, 0.3) is 0 Å². The van der Waals surface area contributed by atoms with Crippen molar-refractivity contribution in [3.05, 3.63) is 0 Å². The predicted molar refractivity (Wildman–Crippen MR) is 83.6 cm³/mol. The van der Waals surface area contributed by atoms with Gasteiger partial charge in [-0.3, -0.25) is 4.79 Å². The van der Waals surface area contributed by atoms with Crippen LogP contribution in [0.3, 0.4) is 0 Å². The largest absolute Gasteiger partial charge is 0.480 e. The third-order valence-electron chi connectivity index (χ3n) is 5.10. The molecule has 2 rings (SSSR count). The molecule has 2 aliphatic rings.